The molecule has 0 amide bonds. The van der Waals surface area contributed by atoms with Crippen LogP contribution in [0.1, 0.15) is 34.3 Å². The van der Waals surface area contributed by atoms with E-state index in [0.717, 1.165) is 0 Å². The van der Waals surface area contributed by atoms with Crippen LogP contribution in [0.3, 0.4) is 0 Å². The minimum Gasteiger partial charge on any atom is -0.359 e. The zero-order valence-corrected chi connectivity index (χ0v) is 9.64. The van der Waals surface area contributed by atoms with Crippen LogP contribution in [0.4, 0.5) is 0 Å². The molecule has 0 spiro atoms. The number of carbonyl (C=O) groups is 2. The van der Waals surface area contributed by atoms with Crippen LogP contribution in [0.25, 0.3) is 0 Å². The third-order valence-electron chi connectivity index (χ3n) is 2.67. The molecular formula is C13H14N2O2. The lowest BCUT2D eigenvalue weighted by Gasteiger charge is -2.05. The van der Waals surface area contributed by atoms with Crippen molar-refractivity contribution >= 4 is 11.6 Å². The number of Topliss-reactive ketones (excluding diaryl/α,β-unsaturated/α-hetero) is 2. The summed E-state index contributed by atoms with van der Waals surface area (Å²) < 4.78 is 1.81. The summed E-state index contributed by atoms with van der Waals surface area (Å²) in [6, 6.07) is 7.13. The molecule has 2 aromatic heterocycles. The number of ketones is 2. The van der Waals surface area contributed by atoms with E-state index in [4.69, 9.17) is 0 Å². The van der Waals surface area contributed by atoms with Gasteiger partial charge in [-0.05, 0) is 24.3 Å². The van der Waals surface area contributed by atoms with E-state index in [2.05, 4.69) is 4.98 Å². The molecule has 0 fully saturated rings. The number of hydrogen-bond acceptors (Lipinski definition) is 2. The zero-order chi connectivity index (χ0) is 12.3. The molecule has 0 bridgehead atoms. The van der Waals surface area contributed by atoms with E-state index in [-0.39, 0.29) is 11.6 Å². The standard InChI is InChI=1S/C13H14N2O2/c1-10(16)12-5-3-8-15(12)9-6-13(17)11-4-2-7-14-11/h2-5,7-8,14H,6,9H2,1H3. The highest BCUT2D eigenvalue weighted by Gasteiger charge is 2.09. The molecule has 0 aliphatic heterocycles. The molecule has 17 heavy (non-hydrogen) atoms. The molecule has 4 heteroatoms. The van der Waals surface area contributed by atoms with Crippen molar-refractivity contribution in [2.45, 2.75) is 19.9 Å². The molecule has 0 aromatic carbocycles. The van der Waals surface area contributed by atoms with Crippen molar-refractivity contribution in [2.24, 2.45) is 0 Å². The summed E-state index contributed by atoms with van der Waals surface area (Å²) in [5.41, 5.74) is 1.26. The van der Waals surface area contributed by atoms with Crippen molar-refractivity contribution in [3.63, 3.8) is 0 Å². The number of aromatic nitrogens is 2. The molecule has 2 aromatic rings. The second-order valence-electron chi connectivity index (χ2n) is 3.90. The van der Waals surface area contributed by atoms with E-state index in [0.29, 0.717) is 24.4 Å². The third kappa shape index (κ3) is 2.53. The molecule has 2 rings (SSSR count). The fraction of sp³-hybridized carbons (Fsp3) is 0.231. The first-order valence-corrected chi connectivity index (χ1v) is 5.51. The van der Waals surface area contributed by atoms with Gasteiger partial charge in [-0.25, -0.2) is 0 Å². The van der Waals surface area contributed by atoms with E-state index in [1.54, 1.807) is 24.4 Å². The van der Waals surface area contributed by atoms with Crippen LogP contribution in [-0.4, -0.2) is 21.1 Å². The number of nitrogens with zero attached hydrogens (tertiary/aromatic N) is 1. The molecule has 0 aliphatic carbocycles. The highest BCUT2D eigenvalue weighted by atomic mass is 16.1. The van der Waals surface area contributed by atoms with E-state index < -0.39 is 0 Å². The maximum absolute atomic E-state index is 11.8. The highest BCUT2D eigenvalue weighted by molar-refractivity contribution is 5.94. The monoisotopic (exact) mass is 230 g/mol. The first kappa shape index (κ1) is 11.4. The second-order valence-corrected chi connectivity index (χ2v) is 3.90. The molecule has 0 aliphatic rings. The average molecular weight is 230 g/mol. The minimum atomic E-state index is 0.0160. The largest absolute Gasteiger partial charge is 0.359 e. The fourth-order valence-corrected chi connectivity index (χ4v) is 1.79. The topological polar surface area (TPSA) is 54.9 Å². The Morgan fingerprint density at radius 1 is 1.29 bits per heavy atom. The molecule has 88 valence electrons. The van der Waals surface area contributed by atoms with E-state index in [1.165, 1.54) is 6.92 Å². The Labute approximate surface area is 99.3 Å². The Hall–Kier alpha value is -2.10. The van der Waals surface area contributed by atoms with E-state index in [1.807, 2.05) is 16.8 Å². The van der Waals surface area contributed by atoms with Gasteiger partial charge >= 0.3 is 0 Å². The Morgan fingerprint density at radius 3 is 2.76 bits per heavy atom. The number of nitrogens with one attached hydrogen (secondary N) is 1. The first-order chi connectivity index (χ1) is 8.18. The van der Waals surface area contributed by atoms with Crippen molar-refractivity contribution in [1.29, 1.82) is 0 Å². The average Bonchev–Trinajstić information content (AvgIpc) is 2.96. The molecule has 0 unspecified atom stereocenters. The Bertz CT molecular complexity index is 523. The number of H-pyrrole nitrogens is 1. The zero-order valence-electron chi connectivity index (χ0n) is 9.64. The van der Waals surface area contributed by atoms with Crippen LogP contribution >= 0.6 is 0 Å². The lowest BCUT2D eigenvalue weighted by atomic mass is 10.2. The van der Waals surface area contributed by atoms with Crippen LogP contribution in [0.15, 0.2) is 36.7 Å². The molecule has 1 N–H and O–H groups in total. The van der Waals surface area contributed by atoms with Gasteiger partial charge in [0.1, 0.15) is 0 Å². The molecule has 0 atom stereocenters. The summed E-state index contributed by atoms with van der Waals surface area (Å²) in [5.74, 6) is 0.0699. The van der Waals surface area contributed by atoms with Crippen LogP contribution in [0, 0.1) is 0 Å². The molecule has 0 saturated carbocycles. The Balaban J connectivity index is 2.01. The summed E-state index contributed by atoms with van der Waals surface area (Å²) in [4.78, 5) is 25.9. The third-order valence-corrected chi connectivity index (χ3v) is 2.67. The smallest absolute Gasteiger partial charge is 0.180 e. The van der Waals surface area contributed by atoms with Crippen molar-refractivity contribution in [2.75, 3.05) is 0 Å². The summed E-state index contributed by atoms with van der Waals surface area (Å²) in [6.07, 6.45) is 3.93. The van der Waals surface area contributed by atoms with Gasteiger partial charge in [-0.3, -0.25) is 9.59 Å². The SMILES string of the molecule is CC(=O)c1cccn1CCC(=O)c1ccc[nH]1. The molecule has 0 saturated heterocycles. The van der Waals surface area contributed by atoms with Crippen molar-refractivity contribution in [3.8, 4) is 0 Å². The van der Waals surface area contributed by atoms with Crippen molar-refractivity contribution in [1.82, 2.24) is 9.55 Å². The van der Waals surface area contributed by atoms with Gasteiger partial charge < -0.3 is 9.55 Å². The van der Waals surface area contributed by atoms with Crippen LogP contribution in [0.5, 0.6) is 0 Å². The summed E-state index contributed by atoms with van der Waals surface area (Å²) in [7, 11) is 0. The van der Waals surface area contributed by atoms with Gasteiger partial charge in [0, 0.05) is 32.3 Å². The Morgan fingerprint density at radius 2 is 2.12 bits per heavy atom. The predicted molar refractivity (Wildman–Crippen MR) is 64.2 cm³/mol. The molecular weight excluding hydrogens is 216 g/mol. The molecule has 2 heterocycles. The van der Waals surface area contributed by atoms with Crippen LogP contribution < -0.4 is 0 Å². The van der Waals surface area contributed by atoms with Crippen LogP contribution in [-0.2, 0) is 6.54 Å². The van der Waals surface area contributed by atoms with Crippen molar-refractivity contribution in [3.05, 3.63) is 48.0 Å². The van der Waals surface area contributed by atoms with Gasteiger partial charge in [0.05, 0.1) is 11.4 Å². The summed E-state index contributed by atoms with van der Waals surface area (Å²) in [6.45, 7) is 2.05. The molecule has 4 nitrogen and oxygen atoms in total. The predicted octanol–water partition coefficient (Wildman–Crippen LogP) is 2.29. The van der Waals surface area contributed by atoms with Gasteiger partial charge in [0.25, 0.3) is 0 Å². The number of carbonyl (C=O) groups excluding carboxylic acids is 2. The van der Waals surface area contributed by atoms with Crippen molar-refractivity contribution < 1.29 is 9.59 Å². The first-order valence-electron chi connectivity index (χ1n) is 5.51. The fourth-order valence-electron chi connectivity index (χ4n) is 1.79. The minimum absolute atomic E-state index is 0.0160. The van der Waals surface area contributed by atoms with Gasteiger partial charge in [-0.2, -0.15) is 0 Å². The number of aryl methyl sites for hydroxylation is 1. The Kier molecular flexibility index (Phi) is 3.23. The second kappa shape index (κ2) is 4.82. The molecule has 0 radical (unpaired) electrons. The maximum atomic E-state index is 11.8. The lowest BCUT2D eigenvalue weighted by molar-refractivity contribution is 0.0962. The summed E-state index contributed by atoms with van der Waals surface area (Å²) >= 11 is 0. The van der Waals surface area contributed by atoms with E-state index >= 15 is 0 Å². The number of rotatable bonds is 5. The summed E-state index contributed by atoms with van der Waals surface area (Å²) in [5, 5.41) is 0. The number of aromatic amines is 1. The number of hydrogen-bond donors (Lipinski definition) is 1. The lowest BCUT2D eigenvalue weighted by Crippen LogP contribution is -2.10. The van der Waals surface area contributed by atoms with Gasteiger partial charge in [0.15, 0.2) is 11.6 Å². The maximum Gasteiger partial charge on any atom is 0.180 e. The van der Waals surface area contributed by atoms with Gasteiger partial charge in [-0.15, -0.1) is 0 Å². The highest BCUT2D eigenvalue weighted by Crippen LogP contribution is 2.07. The quantitative estimate of drug-likeness (QED) is 0.801. The van der Waals surface area contributed by atoms with Gasteiger partial charge in [0.2, 0.25) is 0 Å². The van der Waals surface area contributed by atoms with E-state index in [9.17, 15) is 9.59 Å². The van der Waals surface area contributed by atoms with Gasteiger partial charge in [-0.1, -0.05) is 0 Å². The van der Waals surface area contributed by atoms with Crippen LogP contribution in [0.2, 0.25) is 0 Å². The normalized spacial score (nSPS) is 10.4.